The maximum Gasteiger partial charge on any atom is 0.261 e. The van der Waals surface area contributed by atoms with Gasteiger partial charge in [0.05, 0.1) is 0 Å². The summed E-state index contributed by atoms with van der Waals surface area (Å²) in [7, 11) is 0. The highest BCUT2D eigenvalue weighted by Gasteiger charge is 2.18. The summed E-state index contributed by atoms with van der Waals surface area (Å²) in [5, 5.41) is 3.53. The second kappa shape index (κ2) is 7.27. The van der Waals surface area contributed by atoms with Gasteiger partial charge in [0, 0.05) is 11.6 Å². The summed E-state index contributed by atoms with van der Waals surface area (Å²) in [5.74, 6) is 1.02. The Labute approximate surface area is 113 Å². The van der Waals surface area contributed by atoms with E-state index in [0.717, 1.165) is 0 Å². The summed E-state index contributed by atoms with van der Waals surface area (Å²) in [6.45, 7) is 6.71. The number of halogens is 1. The van der Waals surface area contributed by atoms with E-state index in [9.17, 15) is 4.79 Å². The van der Waals surface area contributed by atoms with Crippen LogP contribution in [0.4, 0.5) is 0 Å². The van der Waals surface area contributed by atoms with Crippen LogP contribution in [0.25, 0.3) is 0 Å². The number of carbonyl (C=O) groups excluding carboxylic acids is 1. The van der Waals surface area contributed by atoms with E-state index >= 15 is 0 Å². The van der Waals surface area contributed by atoms with Gasteiger partial charge in [0.1, 0.15) is 5.75 Å². The fraction of sp³-hybridized carbons (Fsp3) is 0.500. The summed E-state index contributed by atoms with van der Waals surface area (Å²) < 4.78 is 5.64. The lowest BCUT2D eigenvalue weighted by molar-refractivity contribution is -0.128. The molecule has 1 atom stereocenters. The second-order valence-corrected chi connectivity index (χ2v) is 5.04. The minimum atomic E-state index is -0.454. The quantitative estimate of drug-likeness (QED) is 0.861. The highest BCUT2D eigenvalue weighted by Crippen LogP contribution is 2.17. The van der Waals surface area contributed by atoms with E-state index in [1.165, 1.54) is 0 Å². The third-order valence-corrected chi connectivity index (χ3v) is 2.69. The molecule has 0 heterocycles. The number of hydrogen-bond donors (Lipinski definition) is 1. The molecule has 0 unspecified atom stereocenters. The van der Waals surface area contributed by atoms with Crippen LogP contribution in [0.1, 0.15) is 27.2 Å². The van der Waals surface area contributed by atoms with Crippen LogP contribution in [0.15, 0.2) is 24.3 Å². The van der Waals surface area contributed by atoms with Crippen LogP contribution in [-0.2, 0) is 4.79 Å². The maximum atomic E-state index is 11.9. The first-order valence-electron chi connectivity index (χ1n) is 6.22. The Hall–Kier alpha value is -1.22. The lowest BCUT2D eigenvalue weighted by atomic mass is 10.2. The molecule has 0 saturated heterocycles. The van der Waals surface area contributed by atoms with Crippen LogP contribution in [-0.4, -0.2) is 18.6 Å². The molecule has 4 heteroatoms. The lowest BCUT2D eigenvalue weighted by Crippen LogP contribution is -2.39. The Morgan fingerprint density at radius 2 is 1.94 bits per heavy atom. The minimum Gasteiger partial charge on any atom is -0.481 e. The van der Waals surface area contributed by atoms with Gasteiger partial charge in [0.2, 0.25) is 0 Å². The van der Waals surface area contributed by atoms with Crippen LogP contribution in [0.5, 0.6) is 5.75 Å². The molecule has 1 N–H and O–H groups in total. The van der Waals surface area contributed by atoms with Gasteiger partial charge in [-0.05, 0) is 36.6 Å². The summed E-state index contributed by atoms with van der Waals surface area (Å²) in [6, 6.07) is 7.02. The Kier molecular flexibility index (Phi) is 5.99. The molecule has 0 bridgehead atoms. The Morgan fingerprint density at radius 3 is 2.44 bits per heavy atom. The first-order chi connectivity index (χ1) is 8.52. The monoisotopic (exact) mass is 269 g/mol. The average Bonchev–Trinajstić information content (AvgIpc) is 2.35. The smallest absolute Gasteiger partial charge is 0.261 e. The van der Waals surface area contributed by atoms with E-state index in [4.69, 9.17) is 16.3 Å². The minimum absolute atomic E-state index is 0.0684. The predicted molar refractivity (Wildman–Crippen MR) is 74.0 cm³/mol. The molecule has 0 aliphatic heterocycles. The Bertz CT molecular complexity index is 376. The summed E-state index contributed by atoms with van der Waals surface area (Å²) in [4.78, 5) is 11.9. The van der Waals surface area contributed by atoms with Gasteiger partial charge in [-0.1, -0.05) is 32.4 Å². The van der Waals surface area contributed by atoms with Crippen LogP contribution in [0, 0.1) is 5.92 Å². The van der Waals surface area contributed by atoms with E-state index in [1.54, 1.807) is 24.3 Å². The van der Waals surface area contributed by atoms with Crippen LogP contribution in [0.2, 0.25) is 5.02 Å². The van der Waals surface area contributed by atoms with E-state index in [1.807, 2.05) is 6.92 Å². The van der Waals surface area contributed by atoms with E-state index in [2.05, 4.69) is 19.2 Å². The molecule has 0 radical (unpaired) electrons. The second-order valence-electron chi connectivity index (χ2n) is 4.61. The van der Waals surface area contributed by atoms with Gasteiger partial charge < -0.3 is 10.1 Å². The topological polar surface area (TPSA) is 38.3 Å². The van der Waals surface area contributed by atoms with Crippen molar-refractivity contribution in [1.82, 2.24) is 5.32 Å². The van der Waals surface area contributed by atoms with Crippen LogP contribution >= 0.6 is 11.6 Å². The standard InChI is InChI=1S/C14H20ClNO2/c1-4-13(14(17)16-9-10(2)3)18-12-7-5-11(15)6-8-12/h5-8,10,13H,4,9H2,1-3H3,(H,16,17)/t13-/m1/s1. The molecule has 0 saturated carbocycles. The number of carbonyl (C=O) groups is 1. The molecule has 3 nitrogen and oxygen atoms in total. The number of nitrogens with one attached hydrogen (secondary N) is 1. The van der Waals surface area contributed by atoms with Crippen LogP contribution in [0.3, 0.4) is 0 Å². The molecule has 0 aromatic heterocycles. The van der Waals surface area contributed by atoms with Crippen molar-refractivity contribution >= 4 is 17.5 Å². The van der Waals surface area contributed by atoms with Crippen molar-refractivity contribution in [3.63, 3.8) is 0 Å². The molecule has 0 aliphatic carbocycles. The number of rotatable bonds is 6. The molecule has 18 heavy (non-hydrogen) atoms. The van der Waals surface area contributed by atoms with Gasteiger partial charge in [-0.2, -0.15) is 0 Å². The highest BCUT2D eigenvalue weighted by atomic mass is 35.5. The molecule has 1 aromatic rings. The average molecular weight is 270 g/mol. The van der Waals surface area contributed by atoms with Crippen LogP contribution < -0.4 is 10.1 Å². The van der Waals surface area contributed by atoms with Crippen molar-refractivity contribution in [2.45, 2.75) is 33.3 Å². The third-order valence-electron chi connectivity index (χ3n) is 2.44. The molecule has 0 aliphatic rings. The fourth-order valence-corrected chi connectivity index (χ4v) is 1.54. The molecule has 0 fully saturated rings. The van der Waals surface area contributed by atoms with Gasteiger partial charge >= 0.3 is 0 Å². The van der Waals surface area contributed by atoms with Gasteiger partial charge in [-0.15, -0.1) is 0 Å². The van der Waals surface area contributed by atoms with Crippen molar-refractivity contribution in [3.8, 4) is 5.75 Å². The van der Waals surface area contributed by atoms with Crippen molar-refractivity contribution in [2.75, 3.05) is 6.54 Å². The van der Waals surface area contributed by atoms with E-state index in [0.29, 0.717) is 29.7 Å². The zero-order chi connectivity index (χ0) is 13.5. The Morgan fingerprint density at radius 1 is 1.33 bits per heavy atom. The highest BCUT2D eigenvalue weighted by molar-refractivity contribution is 6.30. The normalized spacial score (nSPS) is 12.3. The van der Waals surface area contributed by atoms with Crippen molar-refractivity contribution in [3.05, 3.63) is 29.3 Å². The summed E-state index contributed by atoms with van der Waals surface area (Å²) >= 11 is 5.79. The Balaban J connectivity index is 2.55. The molecule has 1 amide bonds. The summed E-state index contributed by atoms with van der Waals surface area (Å²) in [6.07, 6.45) is 0.178. The van der Waals surface area contributed by atoms with Gasteiger partial charge in [0.15, 0.2) is 6.10 Å². The zero-order valence-corrected chi connectivity index (χ0v) is 11.8. The largest absolute Gasteiger partial charge is 0.481 e. The predicted octanol–water partition coefficient (Wildman–Crippen LogP) is 3.27. The van der Waals surface area contributed by atoms with Gasteiger partial charge in [-0.3, -0.25) is 4.79 Å². The fourth-order valence-electron chi connectivity index (χ4n) is 1.42. The first-order valence-corrected chi connectivity index (χ1v) is 6.60. The SMILES string of the molecule is CC[C@@H](Oc1ccc(Cl)cc1)C(=O)NCC(C)C. The van der Waals surface area contributed by atoms with Crippen molar-refractivity contribution in [1.29, 1.82) is 0 Å². The molecule has 0 spiro atoms. The third kappa shape index (κ3) is 4.96. The number of ether oxygens (including phenoxy) is 1. The van der Waals surface area contributed by atoms with E-state index in [-0.39, 0.29) is 5.91 Å². The summed E-state index contributed by atoms with van der Waals surface area (Å²) in [5.41, 5.74) is 0. The van der Waals surface area contributed by atoms with Gasteiger partial charge in [-0.25, -0.2) is 0 Å². The first kappa shape index (κ1) is 14.8. The zero-order valence-electron chi connectivity index (χ0n) is 11.1. The lowest BCUT2D eigenvalue weighted by Gasteiger charge is -2.18. The molecule has 1 aromatic carbocycles. The molecule has 1 rings (SSSR count). The molecular weight excluding hydrogens is 250 g/mol. The maximum absolute atomic E-state index is 11.9. The number of amides is 1. The molecular formula is C14H20ClNO2. The van der Waals surface area contributed by atoms with Gasteiger partial charge in [0.25, 0.3) is 5.91 Å². The van der Waals surface area contributed by atoms with Crippen molar-refractivity contribution < 1.29 is 9.53 Å². The van der Waals surface area contributed by atoms with E-state index < -0.39 is 6.10 Å². The molecule has 100 valence electrons. The number of benzene rings is 1. The van der Waals surface area contributed by atoms with Crippen molar-refractivity contribution in [2.24, 2.45) is 5.92 Å². The number of hydrogen-bond acceptors (Lipinski definition) is 2.